The first-order valence-corrected chi connectivity index (χ1v) is 8.51. The summed E-state index contributed by atoms with van der Waals surface area (Å²) in [4.78, 5) is 2.35. The number of halogens is 1. The second-order valence-electron chi connectivity index (χ2n) is 6.57. The van der Waals surface area contributed by atoms with E-state index in [0.717, 1.165) is 16.9 Å². The molecule has 2 aliphatic heterocycles. The summed E-state index contributed by atoms with van der Waals surface area (Å²) in [6, 6.07) is 23.6. The molecule has 0 spiro atoms. The normalized spacial score (nSPS) is 20.8. The number of rotatable bonds is 2. The molecule has 0 unspecified atom stereocenters. The van der Waals surface area contributed by atoms with Crippen LogP contribution in [0.1, 0.15) is 29.0 Å². The maximum Gasteiger partial charge on any atom is 0.123 e. The molecule has 3 aromatic carbocycles. The Hall–Kier alpha value is -2.85. The average Bonchev–Trinajstić information content (AvgIpc) is 2.63. The van der Waals surface area contributed by atoms with Crippen LogP contribution in [-0.2, 0) is 6.54 Å². The monoisotopic (exact) mass is 331 g/mol. The van der Waals surface area contributed by atoms with Gasteiger partial charge in [0.2, 0.25) is 0 Å². The number of fused-ring (bicyclic) bond motifs is 6. The number of hydrogen-bond donors (Lipinski definition) is 2. The Morgan fingerprint density at radius 2 is 1.36 bits per heavy atom. The van der Waals surface area contributed by atoms with E-state index in [1.165, 1.54) is 17.2 Å². The molecular weight excluding hydrogens is 313 g/mol. The van der Waals surface area contributed by atoms with E-state index in [-0.39, 0.29) is 18.1 Å². The number of benzene rings is 3. The maximum absolute atomic E-state index is 13.6. The number of para-hydroxylation sites is 2. The van der Waals surface area contributed by atoms with E-state index in [9.17, 15) is 4.39 Å². The average molecular weight is 331 g/mol. The maximum atomic E-state index is 13.6. The zero-order chi connectivity index (χ0) is 16.8. The third-order valence-electron chi connectivity index (χ3n) is 5.01. The van der Waals surface area contributed by atoms with Crippen molar-refractivity contribution < 1.29 is 4.39 Å². The summed E-state index contributed by atoms with van der Waals surface area (Å²) in [5.41, 5.74) is 5.69. The first-order valence-electron chi connectivity index (χ1n) is 8.51. The van der Waals surface area contributed by atoms with Crippen molar-refractivity contribution in [3.05, 3.63) is 95.3 Å². The van der Waals surface area contributed by atoms with Crippen LogP contribution >= 0.6 is 0 Å². The lowest BCUT2D eigenvalue weighted by Crippen LogP contribution is -2.47. The highest BCUT2D eigenvalue weighted by molar-refractivity contribution is 5.65. The molecule has 0 saturated heterocycles. The molecule has 0 amide bonds. The third-order valence-corrected chi connectivity index (χ3v) is 5.01. The Labute approximate surface area is 146 Å². The van der Waals surface area contributed by atoms with Crippen LogP contribution < -0.4 is 10.6 Å². The molecule has 0 radical (unpaired) electrons. The molecule has 0 aromatic heterocycles. The quantitative estimate of drug-likeness (QED) is 0.701. The molecule has 0 fully saturated rings. The van der Waals surface area contributed by atoms with Crippen LogP contribution in [0.4, 0.5) is 15.8 Å². The fourth-order valence-electron chi connectivity index (χ4n) is 3.88. The molecule has 3 aromatic rings. The van der Waals surface area contributed by atoms with Gasteiger partial charge in [-0.1, -0.05) is 48.5 Å². The molecule has 2 heterocycles. The largest absolute Gasteiger partial charge is 0.365 e. The van der Waals surface area contributed by atoms with E-state index in [1.54, 1.807) is 12.1 Å². The summed E-state index contributed by atoms with van der Waals surface area (Å²) in [6.07, 6.45) is 0.112. The summed E-state index contributed by atoms with van der Waals surface area (Å²) in [7, 11) is 0. The summed E-state index contributed by atoms with van der Waals surface area (Å²) in [6.45, 7) is 0.662. The second kappa shape index (κ2) is 5.60. The number of hydrogen-bond acceptors (Lipinski definition) is 3. The highest BCUT2D eigenvalue weighted by Gasteiger charge is 2.39. The van der Waals surface area contributed by atoms with E-state index >= 15 is 0 Å². The molecule has 2 atom stereocenters. The number of anilines is 2. The molecular formula is C21H18FN3. The second-order valence-corrected chi connectivity index (χ2v) is 6.57. The fourth-order valence-corrected chi connectivity index (χ4v) is 3.88. The first kappa shape index (κ1) is 14.5. The van der Waals surface area contributed by atoms with Crippen LogP contribution in [0.15, 0.2) is 72.8 Å². The molecule has 124 valence electrons. The Morgan fingerprint density at radius 3 is 1.96 bits per heavy atom. The van der Waals surface area contributed by atoms with Crippen LogP contribution in [0.5, 0.6) is 0 Å². The topological polar surface area (TPSA) is 27.3 Å². The van der Waals surface area contributed by atoms with Crippen LogP contribution in [0, 0.1) is 5.82 Å². The summed E-state index contributed by atoms with van der Waals surface area (Å²) >= 11 is 0. The van der Waals surface area contributed by atoms with Crippen molar-refractivity contribution in [3.8, 4) is 0 Å². The van der Waals surface area contributed by atoms with Gasteiger partial charge in [-0.15, -0.1) is 0 Å². The minimum absolute atomic E-state index is 0.0561. The van der Waals surface area contributed by atoms with Crippen LogP contribution in [0.2, 0.25) is 0 Å². The first-order chi connectivity index (χ1) is 12.3. The van der Waals surface area contributed by atoms with Gasteiger partial charge < -0.3 is 10.6 Å². The van der Waals surface area contributed by atoms with Crippen LogP contribution in [0.3, 0.4) is 0 Å². The lowest BCUT2D eigenvalue weighted by molar-refractivity contribution is 0.138. The van der Waals surface area contributed by atoms with Crippen molar-refractivity contribution in [2.45, 2.75) is 18.9 Å². The van der Waals surface area contributed by atoms with Gasteiger partial charge in [0.15, 0.2) is 0 Å². The third kappa shape index (κ3) is 2.37. The van der Waals surface area contributed by atoms with Crippen molar-refractivity contribution in [2.24, 2.45) is 0 Å². The van der Waals surface area contributed by atoms with Crippen molar-refractivity contribution in [2.75, 3.05) is 10.6 Å². The molecule has 2 aliphatic rings. The van der Waals surface area contributed by atoms with Gasteiger partial charge in [0, 0.05) is 29.0 Å². The standard InChI is InChI=1S/C21H18FN3/c22-15-7-5-6-14(12-15)13-25-20-16-8-1-3-10-18(16)23-21(25)17-9-2-4-11-19(17)24-20/h1-12,20-21,23-24H,13H2/t20-,21-/m1/s1. The molecule has 25 heavy (non-hydrogen) atoms. The van der Waals surface area contributed by atoms with Gasteiger partial charge >= 0.3 is 0 Å². The highest BCUT2D eigenvalue weighted by atomic mass is 19.1. The van der Waals surface area contributed by atoms with E-state index in [1.807, 2.05) is 6.07 Å². The minimum Gasteiger partial charge on any atom is -0.365 e. The molecule has 4 heteroatoms. The zero-order valence-corrected chi connectivity index (χ0v) is 13.6. The predicted molar refractivity (Wildman–Crippen MR) is 97.6 cm³/mol. The van der Waals surface area contributed by atoms with Crippen LogP contribution in [-0.4, -0.2) is 4.90 Å². The Balaban J connectivity index is 1.60. The summed E-state index contributed by atoms with van der Waals surface area (Å²) in [5.74, 6) is -0.193. The van der Waals surface area contributed by atoms with E-state index < -0.39 is 0 Å². The number of nitrogens with zero attached hydrogens (tertiary/aromatic N) is 1. The van der Waals surface area contributed by atoms with Gasteiger partial charge in [-0.25, -0.2) is 4.39 Å². The van der Waals surface area contributed by atoms with Gasteiger partial charge in [-0.3, -0.25) is 4.90 Å². The van der Waals surface area contributed by atoms with Crippen molar-refractivity contribution >= 4 is 11.4 Å². The SMILES string of the molecule is Fc1cccc(CN2[C@H]3Nc4ccccc4[C@@H]2Nc2ccccc23)c1. The zero-order valence-electron chi connectivity index (χ0n) is 13.6. The smallest absolute Gasteiger partial charge is 0.123 e. The molecule has 2 N–H and O–H groups in total. The molecule has 0 saturated carbocycles. The van der Waals surface area contributed by atoms with E-state index in [4.69, 9.17) is 0 Å². The lowest BCUT2D eigenvalue weighted by atomic mass is 9.95. The van der Waals surface area contributed by atoms with E-state index in [2.05, 4.69) is 64.1 Å². The summed E-state index contributed by atoms with van der Waals surface area (Å²) < 4.78 is 13.6. The molecule has 5 rings (SSSR count). The van der Waals surface area contributed by atoms with Gasteiger partial charge in [0.1, 0.15) is 18.1 Å². The van der Waals surface area contributed by atoms with Gasteiger partial charge in [-0.2, -0.15) is 0 Å². The predicted octanol–water partition coefficient (Wildman–Crippen LogP) is 4.88. The Bertz CT molecular complexity index is 886. The highest BCUT2D eigenvalue weighted by Crippen LogP contribution is 2.47. The van der Waals surface area contributed by atoms with E-state index in [0.29, 0.717) is 6.54 Å². The molecule has 0 aliphatic carbocycles. The van der Waals surface area contributed by atoms with Gasteiger partial charge in [-0.05, 0) is 29.8 Å². The summed E-state index contributed by atoms with van der Waals surface area (Å²) in [5, 5.41) is 7.32. The van der Waals surface area contributed by atoms with Gasteiger partial charge in [0.05, 0.1) is 0 Å². The molecule has 2 bridgehead atoms. The van der Waals surface area contributed by atoms with Crippen molar-refractivity contribution in [1.29, 1.82) is 0 Å². The van der Waals surface area contributed by atoms with Crippen LogP contribution in [0.25, 0.3) is 0 Å². The number of nitrogens with one attached hydrogen (secondary N) is 2. The van der Waals surface area contributed by atoms with Gasteiger partial charge in [0.25, 0.3) is 0 Å². The minimum atomic E-state index is -0.193. The molecule has 3 nitrogen and oxygen atoms in total. The Morgan fingerprint density at radius 1 is 0.760 bits per heavy atom. The van der Waals surface area contributed by atoms with Crippen molar-refractivity contribution in [1.82, 2.24) is 4.90 Å². The lowest BCUT2D eigenvalue weighted by Gasteiger charge is -2.49. The Kier molecular flexibility index (Phi) is 3.25. The van der Waals surface area contributed by atoms with Crippen molar-refractivity contribution in [3.63, 3.8) is 0 Å². The fraction of sp³-hybridized carbons (Fsp3) is 0.143.